The van der Waals surface area contributed by atoms with Gasteiger partial charge in [0.1, 0.15) is 0 Å². The van der Waals surface area contributed by atoms with Crippen LogP contribution in [0.3, 0.4) is 0 Å². The highest BCUT2D eigenvalue weighted by Gasteiger charge is 2.05. The van der Waals surface area contributed by atoms with Crippen molar-refractivity contribution in [3.8, 4) is 0 Å². The largest absolute Gasteiger partial charge is 0.357 e. The quantitative estimate of drug-likeness (QED) is 0.731. The van der Waals surface area contributed by atoms with E-state index in [0.717, 1.165) is 21.7 Å². The van der Waals surface area contributed by atoms with Crippen molar-refractivity contribution in [1.29, 1.82) is 0 Å². The zero-order valence-corrected chi connectivity index (χ0v) is 12.9. The molecule has 0 radical (unpaired) electrons. The van der Waals surface area contributed by atoms with E-state index in [-0.39, 0.29) is 0 Å². The van der Waals surface area contributed by atoms with E-state index in [0.29, 0.717) is 0 Å². The van der Waals surface area contributed by atoms with Gasteiger partial charge >= 0.3 is 0 Å². The van der Waals surface area contributed by atoms with Crippen molar-refractivity contribution in [3.05, 3.63) is 58.1 Å². The van der Waals surface area contributed by atoms with E-state index in [1.165, 1.54) is 15.8 Å². The fraction of sp³-hybridized carbons (Fsp3) is 0.133. The van der Waals surface area contributed by atoms with Gasteiger partial charge in [-0.15, -0.1) is 0 Å². The fourth-order valence-electron chi connectivity index (χ4n) is 1.94. The number of hydrogen-bond acceptors (Lipinski definition) is 3. The van der Waals surface area contributed by atoms with Crippen LogP contribution in [-0.2, 0) is 6.54 Å². The molecule has 2 nitrogen and oxygen atoms in total. The number of aryl methyl sites for hydroxylation is 1. The molecule has 0 aliphatic carbocycles. The highest BCUT2D eigenvalue weighted by atomic mass is 79.9. The Morgan fingerprint density at radius 2 is 1.95 bits per heavy atom. The summed E-state index contributed by atoms with van der Waals surface area (Å²) in [6.07, 6.45) is 0. The lowest BCUT2D eigenvalue weighted by Gasteiger charge is -2.02. The second-order valence-corrected chi connectivity index (χ2v) is 6.37. The van der Waals surface area contributed by atoms with E-state index in [9.17, 15) is 0 Å². The highest BCUT2D eigenvalue weighted by Crippen LogP contribution is 2.28. The first kappa shape index (κ1) is 12.6. The Morgan fingerprint density at radius 3 is 2.68 bits per heavy atom. The molecule has 0 saturated carbocycles. The number of aromatic nitrogens is 1. The van der Waals surface area contributed by atoms with E-state index >= 15 is 0 Å². The molecule has 0 aliphatic rings. The number of anilines is 1. The molecule has 0 bridgehead atoms. The van der Waals surface area contributed by atoms with Gasteiger partial charge in [0.05, 0.1) is 10.2 Å². The fourth-order valence-corrected chi connectivity index (χ4v) is 3.15. The lowest BCUT2D eigenvalue weighted by molar-refractivity contribution is 1.14. The van der Waals surface area contributed by atoms with Crippen molar-refractivity contribution < 1.29 is 0 Å². The van der Waals surface area contributed by atoms with Gasteiger partial charge in [-0.25, -0.2) is 4.98 Å². The molecular formula is C15H13BrN2S. The normalized spacial score (nSPS) is 10.8. The van der Waals surface area contributed by atoms with Crippen LogP contribution in [0.2, 0.25) is 0 Å². The summed E-state index contributed by atoms with van der Waals surface area (Å²) in [5.41, 5.74) is 3.58. The molecule has 1 aromatic heterocycles. The van der Waals surface area contributed by atoms with Gasteiger partial charge in [-0.05, 0) is 36.2 Å². The molecule has 0 spiro atoms. The molecule has 1 heterocycles. The average Bonchev–Trinajstić information content (AvgIpc) is 2.83. The van der Waals surface area contributed by atoms with Crippen LogP contribution in [0.1, 0.15) is 11.1 Å². The van der Waals surface area contributed by atoms with E-state index < -0.39 is 0 Å². The summed E-state index contributed by atoms with van der Waals surface area (Å²) in [7, 11) is 0. The molecule has 1 N–H and O–H groups in total. The molecule has 0 amide bonds. The van der Waals surface area contributed by atoms with Crippen LogP contribution in [0.4, 0.5) is 5.13 Å². The molecule has 2 aromatic carbocycles. The van der Waals surface area contributed by atoms with E-state index in [1.807, 2.05) is 0 Å². The lowest BCUT2D eigenvalue weighted by atomic mass is 10.2. The summed E-state index contributed by atoms with van der Waals surface area (Å²) in [5, 5.41) is 4.37. The van der Waals surface area contributed by atoms with Gasteiger partial charge in [0.15, 0.2) is 5.13 Å². The van der Waals surface area contributed by atoms with Crippen LogP contribution in [0.25, 0.3) is 10.2 Å². The maximum absolute atomic E-state index is 4.64. The molecule has 3 aromatic rings. The third-order valence-corrected chi connectivity index (χ3v) is 4.48. The van der Waals surface area contributed by atoms with E-state index in [4.69, 9.17) is 0 Å². The predicted molar refractivity (Wildman–Crippen MR) is 85.8 cm³/mol. The zero-order chi connectivity index (χ0) is 13.2. The smallest absolute Gasteiger partial charge is 0.184 e. The van der Waals surface area contributed by atoms with Crippen molar-refractivity contribution in [3.63, 3.8) is 0 Å². The number of thiazole rings is 1. The first-order valence-electron chi connectivity index (χ1n) is 6.07. The monoisotopic (exact) mass is 332 g/mol. The van der Waals surface area contributed by atoms with E-state index in [2.05, 4.69) is 75.6 Å². The van der Waals surface area contributed by atoms with Gasteiger partial charge in [-0.2, -0.15) is 0 Å². The minimum absolute atomic E-state index is 0.798. The van der Waals surface area contributed by atoms with Crippen molar-refractivity contribution in [2.24, 2.45) is 0 Å². The zero-order valence-electron chi connectivity index (χ0n) is 10.5. The molecule has 96 valence electrons. The Kier molecular flexibility index (Phi) is 3.53. The van der Waals surface area contributed by atoms with Crippen LogP contribution in [0.5, 0.6) is 0 Å². The summed E-state index contributed by atoms with van der Waals surface area (Å²) in [6.45, 7) is 2.90. The third kappa shape index (κ3) is 2.80. The van der Waals surface area contributed by atoms with Crippen molar-refractivity contribution >= 4 is 42.6 Å². The molecule has 19 heavy (non-hydrogen) atoms. The molecule has 3 rings (SSSR count). The maximum atomic E-state index is 4.64. The van der Waals surface area contributed by atoms with Crippen LogP contribution >= 0.6 is 27.3 Å². The topological polar surface area (TPSA) is 24.9 Å². The molecule has 0 unspecified atom stereocenters. The summed E-state index contributed by atoms with van der Waals surface area (Å²) < 4.78 is 2.34. The Morgan fingerprint density at radius 1 is 1.16 bits per heavy atom. The Labute approximate surface area is 124 Å². The Hall–Kier alpha value is -1.39. The summed E-state index contributed by atoms with van der Waals surface area (Å²) in [6, 6.07) is 14.6. The first-order valence-corrected chi connectivity index (χ1v) is 7.68. The third-order valence-electron chi connectivity index (χ3n) is 2.98. The summed E-state index contributed by atoms with van der Waals surface area (Å²) >= 11 is 5.14. The molecule has 0 fully saturated rings. The van der Waals surface area contributed by atoms with Crippen molar-refractivity contribution in [2.45, 2.75) is 13.5 Å². The molecule has 0 atom stereocenters. The second kappa shape index (κ2) is 5.31. The Balaban J connectivity index is 1.78. The number of benzene rings is 2. The first-order chi connectivity index (χ1) is 9.22. The van der Waals surface area contributed by atoms with Crippen LogP contribution < -0.4 is 5.32 Å². The Bertz CT molecular complexity index is 704. The average molecular weight is 333 g/mol. The number of halogens is 1. The number of hydrogen-bond donors (Lipinski definition) is 1. The molecule has 0 saturated heterocycles. The van der Waals surface area contributed by atoms with Gasteiger partial charge in [-0.1, -0.05) is 51.5 Å². The van der Waals surface area contributed by atoms with Crippen LogP contribution in [-0.4, -0.2) is 4.98 Å². The number of nitrogens with zero attached hydrogens (tertiary/aromatic N) is 1. The molecule has 0 aliphatic heterocycles. The molecular weight excluding hydrogens is 320 g/mol. The number of fused-ring (bicyclic) bond motifs is 1. The number of para-hydroxylation sites is 1. The van der Waals surface area contributed by atoms with Gasteiger partial charge in [0.25, 0.3) is 0 Å². The highest BCUT2D eigenvalue weighted by molar-refractivity contribution is 9.10. The van der Waals surface area contributed by atoms with Crippen molar-refractivity contribution in [1.82, 2.24) is 4.98 Å². The summed E-state index contributed by atoms with van der Waals surface area (Å²) in [5.74, 6) is 0. The van der Waals surface area contributed by atoms with Gasteiger partial charge in [0, 0.05) is 11.0 Å². The van der Waals surface area contributed by atoms with Crippen LogP contribution in [0.15, 0.2) is 46.9 Å². The van der Waals surface area contributed by atoms with Crippen LogP contribution in [0, 0.1) is 6.92 Å². The minimum atomic E-state index is 0.798. The molecule has 4 heteroatoms. The SMILES string of the molecule is Cc1cccc2sc(NCc3ccc(Br)cc3)nc12. The van der Waals surface area contributed by atoms with Gasteiger partial charge in [-0.3, -0.25) is 0 Å². The number of nitrogens with one attached hydrogen (secondary N) is 1. The van der Waals surface area contributed by atoms with Crippen molar-refractivity contribution in [2.75, 3.05) is 5.32 Å². The lowest BCUT2D eigenvalue weighted by Crippen LogP contribution is -1.98. The predicted octanol–water partition coefficient (Wildman–Crippen LogP) is 4.98. The number of rotatable bonds is 3. The second-order valence-electron chi connectivity index (χ2n) is 4.42. The van der Waals surface area contributed by atoms with Gasteiger partial charge in [0.2, 0.25) is 0 Å². The minimum Gasteiger partial charge on any atom is -0.357 e. The summed E-state index contributed by atoms with van der Waals surface area (Å²) in [4.78, 5) is 4.64. The standard InChI is InChI=1S/C15H13BrN2S/c1-10-3-2-4-13-14(10)18-15(19-13)17-9-11-5-7-12(16)8-6-11/h2-8H,9H2,1H3,(H,17,18). The van der Waals surface area contributed by atoms with E-state index in [1.54, 1.807) is 11.3 Å². The van der Waals surface area contributed by atoms with Gasteiger partial charge < -0.3 is 5.32 Å². The maximum Gasteiger partial charge on any atom is 0.184 e.